The van der Waals surface area contributed by atoms with Gasteiger partial charge in [-0.3, -0.25) is 9.59 Å². The Balaban J connectivity index is 2.03. The van der Waals surface area contributed by atoms with Gasteiger partial charge in [0.05, 0.1) is 9.75 Å². The van der Waals surface area contributed by atoms with Crippen LogP contribution in [0.1, 0.15) is 147 Å². The zero-order chi connectivity index (χ0) is 26.2. The van der Waals surface area contributed by atoms with Crippen LogP contribution >= 0.6 is 45.9 Å². The number of unbranched alkanes of at least 4 members (excludes halogenated alkanes) is 14. The van der Waals surface area contributed by atoms with Crippen LogP contribution in [0, 0.1) is 0 Å². The minimum Gasteiger partial charge on any atom is -0.275 e. The van der Waals surface area contributed by atoms with Gasteiger partial charge < -0.3 is 0 Å². The van der Waals surface area contributed by atoms with Gasteiger partial charge in [-0.15, -0.1) is 22.7 Å². The smallest absolute Gasteiger partial charge is 0.262 e. The monoisotopic (exact) mass is 570 g/mol. The molecule has 0 amide bonds. The van der Waals surface area contributed by atoms with Crippen molar-refractivity contribution in [3.8, 4) is 9.75 Å². The summed E-state index contributed by atoms with van der Waals surface area (Å²) in [6.45, 7) is 4.50. The Bertz CT molecular complexity index is 842. The SMILES string of the molecule is CCCCCCCCCCc1cc(C(=O)Cl)sc1-c1sc(C(=O)Cl)cc1CCCCCCCCCC. The van der Waals surface area contributed by atoms with Crippen molar-refractivity contribution in [1.29, 1.82) is 0 Å². The summed E-state index contributed by atoms with van der Waals surface area (Å²) in [6, 6.07) is 3.94. The maximum atomic E-state index is 12.0. The lowest BCUT2D eigenvalue weighted by molar-refractivity contribution is 0.107. The Labute approximate surface area is 237 Å². The quantitative estimate of drug-likeness (QED) is 0.110. The van der Waals surface area contributed by atoms with E-state index in [1.54, 1.807) is 0 Å². The molecule has 0 radical (unpaired) electrons. The van der Waals surface area contributed by atoms with Gasteiger partial charge in [-0.25, -0.2) is 0 Å². The van der Waals surface area contributed by atoms with Gasteiger partial charge in [-0.05, 0) is 72.1 Å². The summed E-state index contributed by atoms with van der Waals surface area (Å²) in [4.78, 5) is 27.4. The average molecular weight is 572 g/mol. The summed E-state index contributed by atoms with van der Waals surface area (Å²) < 4.78 is 0. The number of carbonyl (C=O) groups excluding carboxylic acids is 2. The predicted molar refractivity (Wildman–Crippen MR) is 161 cm³/mol. The van der Waals surface area contributed by atoms with Gasteiger partial charge >= 0.3 is 0 Å². The summed E-state index contributed by atoms with van der Waals surface area (Å²) in [5, 5.41) is -0.809. The van der Waals surface area contributed by atoms with Crippen molar-refractivity contribution in [2.24, 2.45) is 0 Å². The minimum atomic E-state index is -0.404. The van der Waals surface area contributed by atoms with E-state index in [9.17, 15) is 9.59 Å². The molecule has 0 saturated carbocycles. The molecule has 2 aromatic rings. The molecule has 0 aliphatic heterocycles. The summed E-state index contributed by atoms with van der Waals surface area (Å²) in [6.07, 6.45) is 22.2. The van der Waals surface area contributed by atoms with Gasteiger partial charge in [-0.1, -0.05) is 104 Å². The first-order valence-corrected chi connectivity index (χ1v) is 16.5. The Morgan fingerprint density at radius 1 is 0.556 bits per heavy atom. The van der Waals surface area contributed by atoms with E-state index >= 15 is 0 Å². The van der Waals surface area contributed by atoms with Crippen LogP contribution in [-0.2, 0) is 12.8 Å². The van der Waals surface area contributed by atoms with E-state index < -0.39 is 10.5 Å². The summed E-state index contributed by atoms with van der Waals surface area (Å²) in [5.74, 6) is 0. The highest BCUT2D eigenvalue weighted by molar-refractivity contribution is 7.25. The summed E-state index contributed by atoms with van der Waals surface area (Å²) in [5.41, 5.74) is 2.37. The highest BCUT2D eigenvalue weighted by atomic mass is 35.5. The fraction of sp³-hybridized carbons (Fsp3) is 0.667. The van der Waals surface area contributed by atoms with Crippen molar-refractivity contribution in [1.82, 2.24) is 0 Å². The third-order valence-corrected chi connectivity index (χ3v) is 9.96. The lowest BCUT2D eigenvalue weighted by atomic mass is 10.0. The molecule has 6 heteroatoms. The molecule has 0 bridgehead atoms. The fourth-order valence-electron chi connectivity index (χ4n) is 4.71. The molecule has 0 aliphatic rings. The molecule has 2 aromatic heterocycles. The van der Waals surface area contributed by atoms with Gasteiger partial charge in [-0.2, -0.15) is 0 Å². The molecule has 0 saturated heterocycles. The summed E-state index contributed by atoms with van der Waals surface area (Å²) >= 11 is 14.7. The third-order valence-electron chi connectivity index (χ3n) is 6.81. The van der Waals surface area contributed by atoms with Gasteiger partial charge in [0, 0.05) is 9.75 Å². The van der Waals surface area contributed by atoms with E-state index in [-0.39, 0.29) is 0 Å². The first kappa shape index (κ1) is 31.5. The maximum Gasteiger partial charge on any atom is 0.262 e. The Morgan fingerprint density at radius 3 is 1.17 bits per heavy atom. The molecule has 2 heterocycles. The highest BCUT2D eigenvalue weighted by Crippen LogP contribution is 2.42. The highest BCUT2D eigenvalue weighted by Gasteiger charge is 2.21. The standard InChI is InChI=1S/C30H44Cl2O2S2/c1-3-5-7-9-11-13-15-17-19-23-21-25(29(31)33)35-27(23)28-24(22-26(36-28)30(32)34)20-18-16-14-12-10-8-6-4-2/h21-22H,3-20H2,1-2H3. The first-order chi connectivity index (χ1) is 17.5. The minimum absolute atomic E-state index is 0.404. The average Bonchev–Trinajstić information content (AvgIpc) is 3.47. The fourth-order valence-corrected chi connectivity index (χ4v) is 7.33. The van der Waals surface area contributed by atoms with E-state index in [1.165, 1.54) is 124 Å². The van der Waals surface area contributed by atoms with Crippen molar-refractivity contribution in [2.75, 3.05) is 0 Å². The molecular weight excluding hydrogens is 527 g/mol. The number of hydrogen-bond donors (Lipinski definition) is 0. The molecule has 0 unspecified atom stereocenters. The largest absolute Gasteiger partial charge is 0.275 e. The number of thiophene rings is 2. The van der Waals surface area contributed by atoms with Crippen LogP contribution in [0.15, 0.2) is 12.1 Å². The second-order valence-corrected chi connectivity index (χ2v) is 12.7. The number of rotatable bonds is 21. The maximum absolute atomic E-state index is 12.0. The predicted octanol–water partition coefficient (Wildman–Crippen LogP) is 11.6. The Hall–Kier alpha value is -0.680. The molecular formula is C30H44Cl2O2S2. The topological polar surface area (TPSA) is 34.1 Å². The molecule has 0 atom stereocenters. The Kier molecular flexibility index (Phi) is 16.3. The second-order valence-electron chi connectivity index (χ2n) is 9.93. The van der Waals surface area contributed by atoms with Crippen LogP contribution in [-0.4, -0.2) is 10.5 Å². The van der Waals surface area contributed by atoms with Crippen LogP contribution in [0.3, 0.4) is 0 Å². The van der Waals surface area contributed by atoms with Gasteiger partial charge in [0.1, 0.15) is 0 Å². The van der Waals surface area contributed by atoms with E-state index in [0.717, 1.165) is 35.4 Å². The lowest BCUT2D eigenvalue weighted by Crippen LogP contribution is -1.90. The van der Waals surface area contributed by atoms with Crippen LogP contribution in [0.4, 0.5) is 0 Å². The van der Waals surface area contributed by atoms with Gasteiger partial charge in [0.2, 0.25) is 0 Å². The van der Waals surface area contributed by atoms with E-state index in [0.29, 0.717) is 9.75 Å². The molecule has 0 fully saturated rings. The first-order valence-electron chi connectivity index (χ1n) is 14.1. The van der Waals surface area contributed by atoms with Crippen molar-refractivity contribution >= 4 is 56.4 Å². The summed E-state index contributed by atoms with van der Waals surface area (Å²) in [7, 11) is 0. The zero-order valence-electron chi connectivity index (χ0n) is 22.3. The van der Waals surface area contributed by atoms with Crippen molar-refractivity contribution < 1.29 is 9.59 Å². The van der Waals surface area contributed by atoms with Gasteiger partial charge in [0.25, 0.3) is 10.5 Å². The van der Waals surface area contributed by atoms with E-state index in [4.69, 9.17) is 23.2 Å². The van der Waals surface area contributed by atoms with Gasteiger partial charge in [0.15, 0.2) is 0 Å². The molecule has 2 nitrogen and oxygen atoms in total. The molecule has 0 N–H and O–H groups in total. The molecule has 0 aromatic carbocycles. The van der Waals surface area contributed by atoms with E-state index in [2.05, 4.69) is 13.8 Å². The molecule has 202 valence electrons. The molecule has 2 rings (SSSR count). The van der Waals surface area contributed by atoms with E-state index in [1.807, 2.05) is 12.1 Å². The van der Waals surface area contributed by atoms with Crippen LogP contribution in [0.25, 0.3) is 9.75 Å². The number of carbonyl (C=O) groups is 2. The zero-order valence-corrected chi connectivity index (χ0v) is 25.4. The molecule has 0 aliphatic carbocycles. The van der Waals surface area contributed by atoms with Crippen molar-refractivity contribution in [2.45, 2.75) is 129 Å². The second kappa shape index (κ2) is 18.6. The van der Waals surface area contributed by atoms with Crippen molar-refractivity contribution in [3.63, 3.8) is 0 Å². The number of hydrogen-bond acceptors (Lipinski definition) is 4. The lowest BCUT2D eigenvalue weighted by Gasteiger charge is -2.07. The van der Waals surface area contributed by atoms with Crippen LogP contribution in [0.5, 0.6) is 0 Å². The Morgan fingerprint density at radius 2 is 0.861 bits per heavy atom. The number of aryl methyl sites for hydroxylation is 2. The number of halogens is 2. The van der Waals surface area contributed by atoms with Crippen LogP contribution in [0.2, 0.25) is 0 Å². The normalized spacial score (nSPS) is 11.3. The third kappa shape index (κ3) is 11.4. The van der Waals surface area contributed by atoms with Crippen molar-refractivity contribution in [3.05, 3.63) is 33.0 Å². The van der Waals surface area contributed by atoms with Crippen LogP contribution < -0.4 is 0 Å². The molecule has 36 heavy (non-hydrogen) atoms. The molecule has 0 spiro atoms.